The fourth-order valence-corrected chi connectivity index (χ4v) is 2.53. The first-order valence-electron chi connectivity index (χ1n) is 7.18. The molecular weight excluding hydrogens is 284 g/mol. The molecule has 0 aromatic heterocycles. The van der Waals surface area contributed by atoms with Gasteiger partial charge in [0.2, 0.25) is 0 Å². The van der Waals surface area contributed by atoms with Crippen LogP contribution in [-0.4, -0.2) is 29.1 Å². The molecule has 0 aliphatic heterocycles. The Bertz CT molecular complexity index is 574. The number of nitrogens with zero attached hydrogens (tertiary/aromatic N) is 1. The highest BCUT2D eigenvalue weighted by molar-refractivity contribution is 5.83. The fraction of sp³-hybridized carbons (Fsp3) is 0.438. The molecule has 0 saturated heterocycles. The van der Waals surface area contributed by atoms with Gasteiger partial charge in [0.05, 0.1) is 6.07 Å². The number of ether oxygens (including phenoxy) is 1. The van der Waals surface area contributed by atoms with E-state index >= 15 is 0 Å². The quantitative estimate of drug-likeness (QED) is 0.797. The average Bonchev–Trinajstić information content (AvgIpc) is 3.01. The zero-order valence-electron chi connectivity index (χ0n) is 12.1. The zero-order valence-corrected chi connectivity index (χ0v) is 12.1. The second-order valence-corrected chi connectivity index (χ2v) is 5.37. The SMILES string of the molecule is N#CC1(NC(=O)COC(=O)[C@@H](O)c2ccccc2)CCCC1. The van der Waals surface area contributed by atoms with Crippen molar-refractivity contribution in [3.63, 3.8) is 0 Å². The number of benzene rings is 1. The van der Waals surface area contributed by atoms with Crippen LogP contribution in [0.5, 0.6) is 0 Å². The summed E-state index contributed by atoms with van der Waals surface area (Å²) in [4.78, 5) is 23.5. The van der Waals surface area contributed by atoms with Gasteiger partial charge in [0.25, 0.3) is 5.91 Å². The van der Waals surface area contributed by atoms with Crippen molar-refractivity contribution in [2.45, 2.75) is 37.3 Å². The molecule has 6 heteroatoms. The molecule has 1 saturated carbocycles. The van der Waals surface area contributed by atoms with E-state index in [0.29, 0.717) is 18.4 Å². The highest BCUT2D eigenvalue weighted by Gasteiger charge is 2.35. The molecule has 0 bridgehead atoms. The summed E-state index contributed by atoms with van der Waals surface area (Å²) in [6.07, 6.45) is 1.57. The second kappa shape index (κ2) is 7.05. The molecule has 116 valence electrons. The molecule has 6 nitrogen and oxygen atoms in total. The van der Waals surface area contributed by atoms with Gasteiger partial charge in [-0.2, -0.15) is 5.26 Å². The summed E-state index contributed by atoms with van der Waals surface area (Å²) in [5.74, 6) is -1.42. The lowest BCUT2D eigenvalue weighted by molar-refractivity contribution is -0.157. The van der Waals surface area contributed by atoms with Gasteiger partial charge in [-0.25, -0.2) is 4.79 Å². The van der Waals surface area contributed by atoms with Gasteiger partial charge < -0.3 is 15.2 Å². The number of hydrogen-bond donors (Lipinski definition) is 2. The summed E-state index contributed by atoms with van der Waals surface area (Å²) < 4.78 is 4.81. The van der Waals surface area contributed by atoms with E-state index in [1.54, 1.807) is 30.3 Å². The van der Waals surface area contributed by atoms with E-state index in [0.717, 1.165) is 12.8 Å². The highest BCUT2D eigenvalue weighted by atomic mass is 16.5. The number of nitrogens with one attached hydrogen (secondary N) is 1. The van der Waals surface area contributed by atoms with Crippen LogP contribution < -0.4 is 5.32 Å². The number of hydrogen-bond acceptors (Lipinski definition) is 5. The molecule has 2 N–H and O–H groups in total. The summed E-state index contributed by atoms with van der Waals surface area (Å²) >= 11 is 0. The van der Waals surface area contributed by atoms with Crippen molar-refractivity contribution in [3.8, 4) is 6.07 Å². The van der Waals surface area contributed by atoms with Gasteiger partial charge in [0.15, 0.2) is 12.7 Å². The maximum atomic E-state index is 11.8. The topological polar surface area (TPSA) is 99.4 Å². The maximum Gasteiger partial charge on any atom is 0.340 e. The van der Waals surface area contributed by atoms with Crippen LogP contribution in [-0.2, 0) is 14.3 Å². The minimum atomic E-state index is -1.43. The van der Waals surface area contributed by atoms with E-state index in [1.165, 1.54) is 0 Å². The molecule has 1 aliphatic rings. The minimum Gasteiger partial charge on any atom is -0.453 e. The Hall–Kier alpha value is -2.39. The lowest BCUT2D eigenvalue weighted by atomic mass is 10.00. The van der Waals surface area contributed by atoms with Gasteiger partial charge in [-0.1, -0.05) is 30.3 Å². The number of carbonyl (C=O) groups excluding carboxylic acids is 2. The number of esters is 1. The second-order valence-electron chi connectivity index (χ2n) is 5.37. The van der Waals surface area contributed by atoms with Crippen LogP contribution in [0.25, 0.3) is 0 Å². The molecule has 1 aromatic carbocycles. The Morgan fingerprint density at radius 2 is 1.95 bits per heavy atom. The van der Waals surface area contributed by atoms with Gasteiger partial charge in [-0.05, 0) is 31.2 Å². The van der Waals surface area contributed by atoms with Crippen LogP contribution >= 0.6 is 0 Å². The molecule has 1 amide bonds. The van der Waals surface area contributed by atoms with Gasteiger partial charge in [0.1, 0.15) is 5.54 Å². The third-order valence-electron chi connectivity index (χ3n) is 3.73. The molecule has 1 aliphatic carbocycles. The Kier molecular flexibility index (Phi) is 5.12. The minimum absolute atomic E-state index is 0.400. The van der Waals surface area contributed by atoms with Crippen LogP contribution in [0.2, 0.25) is 0 Å². The Labute approximate surface area is 128 Å². The molecule has 0 radical (unpaired) electrons. The summed E-state index contributed by atoms with van der Waals surface area (Å²) in [7, 11) is 0. The van der Waals surface area contributed by atoms with E-state index in [4.69, 9.17) is 10.00 Å². The van der Waals surface area contributed by atoms with Gasteiger partial charge in [-0.3, -0.25) is 4.79 Å². The molecule has 0 unspecified atom stereocenters. The predicted molar refractivity (Wildman–Crippen MR) is 77.3 cm³/mol. The van der Waals surface area contributed by atoms with Crippen LogP contribution in [0.4, 0.5) is 0 Å². The maximum absolute atomic E-state index is 11.8. The number of amides is 1. The third kappa shape index (κ3) is 3.83. The van der Waals surface area contributed by atoms with Crippen LogP contribution in [0.1, 0.15) is 37.4 Å². The Morgan fingerprint density at radius 1 is 1.32 bits per heavy atom. The standard InChI is InChI=1S/C16H18N2O4/c17-11-16(8-4-5-9-16)18-13(19)10-22-15(21)14(20)12-6-2-1-3-7-12/h1-3,6-7,14,20H,4-5,8-10H2,(H,18,19)/t14-/m0/s1. The smallest absolute Gasteiger partial charge is 0.340 e. The normalized spacial score (nSPS) is 17.3. The number of nitriles is 1. The lowest BCUT2D eigenvalue weighted by Crippen LogP contribution is -2.46. The van der Waals surface area contributed by atoms with E-state index in [-0.39, 0.29) is 0 Å². The molecule has 0 heterocycles. The van der Waals surface area contributed by atoms with Crippen molar-refractivity contribution in [3.05, 3.63) is 35.9 Å². The van der Waals surface area contributed by atoms with Gasteiger partial charge in [0, 0.05) is 0 Å². The van der Waals surface area contributed by atoms with Crippen LogP contribution in [0.3, 0.4) is 0 Å². The number of rotatable bonds is 5. The average molecular weight is 302 g/mol. The van der Waals surface area contributed by atoms with Gasteiger partial charge >= 0.3 is 5.97 Å². The zero-order chi connectivity index (χ0) is 16.0. The van der Waals surface area contributed by atoms with Crippen molar-refractivity contribution in [1.29, 1.82) is 5.26 Å². The third-order valence-corrected chi connectivity index (χ3v) is 3.73. The summed E-state index contributed by atoms with van der Waals surface area (Å²) in [6.45, 7) is -0.508. The van der Waals surface area contributed by atoms with Crippen molar-refractivity contribution >= 4 is 11.9 Å². The lowest BCUT2D eigenvalue weighted by Gasteiger charge is -2.21. The fourth-order valence-electron chi connectivity index (χ4n) is 2.53. The van der Waals surface area contributed by atoms with E-state index in [1.807, 2.05) is 0 Å². The van der Waals surface area contributed by atoms with Crippen molar-refractivity contribution in [2.75, 3.05) is 6.61 Å². The molecule has 1 fully saturated rings. The van der Waals surface area contributed by atoms with E-state index < -0.39 is 30.1 Å². The van der Waals surface area contributed by atoms with Crippen molar-refractivity contribution in [1.82, 2.24) is 5.32 Å². The van der Waals surface area contributed by atoms with Crippen molar-refractivity contribution in [2.24, 2.45) is 0 Å². The molecule has 1 aromatic rings. The highest BCUT2D eigenvalue weighted by Crippen LogP contribution is 2.28. The van der Waals surface area contributed by atoms with E-state index in [2.05, 4.69) is 11.4 Å². The number of carbonyl (C=O) groups is 2. The predicted octanol–water partition coefficient (Wildman–Crippen LogP) is 1.22. The monoisotopic (exact) mass is 302 g/mol. The van der Waals surface area contributed by atoms with Crippen LogP contribution in [0, 0.1) is 11.3 Å². The Balaban J connectivity index is 1.83. The molecule has 22 heavy (non-hydrogen) atoms. The molecule has 2 rings (SSSR count). The van der Waals surface area contributed by atoms with E-state index in [9.17, 15) is 14.7 Å². The number of aliphatic hydroxyl groups is 1. The Morgan fingerprint density at radius 3 is 2.55 bits per heavy atom. The molecule has 1 atom stereocenters. The number of aliphatic hydroxyl groups excluding tert-OH is 1. The molecular formula is C16H18N2O4. The van der Waals surface area contributed by atoms with Gasteiger partial charge in [-0.15, -0.1) is 0 Å². The largest absolute Gasteiger partial charge is 0.453 e. The summed E-state index contributed by atoms with van der Waals surface area (Å²) in [5, 5.41) is 21.6. The van der Waals surface area contributed by atoms with Crippen LogP contribution in [0.15, 0.2) is 30.3 Å². The first kappa shape index (κ1) is 16.0. The summed E-state index contributed by atoms with van der Waals surface area (Å²) in [6, 6.07) is 10.4. The van der Waals surface area contributed by atoms with Crippen molar-refractivity contribution < 1.29 is 19.4 Å². The first-order valence-corrected chi connectivity index (χ1v) is 7.18. The molecule has 0 spiro atoms. The first-order chi connectivity index (χ1) is 10.6. The summed E-state index contributed by atoms with van der Waals surface area (Å²) in [5.41, 5.74) is -0.446.